The van der Waals surface area contributed by atoms with Crippen molar-refractivity contribution < 1.29 is 13.7 Å². The van der Waals surface area contributed by atoms with E-state index in [9.17, 15) is 9.00 Å². The van der Waals surface area contributed by atoms with Gasteiger partial charge in [0.05, 0.1) is 34.9 Å². The quantitative estimate of drug-likeness (QED) is 0.449. The Hall–Kier alpha value is -2.80. The Labute approximate surface area is 211 Å². The summed E-state index contributed by atoms with van der Waals surface area (Å²) < 4.78 is 21.4. The molecule has 2 atom stereocenters. The summed E-state index contributed by atoms with van der Waals surface area (Å²) in [4.78, 5) is 15.7. The zero-order valence-corrected chi connectivity index (χ0v) is 21.6. The molecule has 1 saturated heterocycles. The molecule has 0 aliphatic carbocycles. The molecule has 0 saturated carbocycles. The first-order valence-electron chi connectivity index (χ1n) is 11.9. The molecule has 0 bridgehead atoms. The topological polar surface area (TPSA) is 58.6 Å². The lowest BCUT2D eigenvalue weighted by atomic mass is 9.69. The van der Waals surface area contributed by atoms with Crippen molar-refractivity contribution in [3.05, 3.63) is 108 Å². The van der Waals surface area contributed by atoms with Crippen LogP contribution in [0.15, 0.2) is 91.0 Å². The monoisotopic (exact) mass is 490 g/mol. The third kappa shape index (κ3) is 5.25. The number of carbonyl (C=O) groups is 1. The van der Waals surface area contributed by atoms with E-state index in [1.807, 2.05) is 87.5 Å². The van der Waals surface area contributed by atoms with E-state index in [2.05, 4.69) is 33.9 Å². The number of ether oxygens (including phenoxy) is 1. The second-order valence-electron chi connectivity index (χ2n) is 10.1. The van der Waals surface area contributed by atoms with Gasteiger partial charge < -0.3 is 4.74 Å². The van der Waals surface area contributed by atoms with Crippen molar-refractivity contribution in [3.8, 4) is 0 Å². The molecule has 0 aromatic heterocycles. The number of nitrogens with one attached hydrogen (secondary N) is 1. The van der Waals surface area contributed by atoms with Crippen LogP contribution in [0.2, 0.25) is 0 Å². The van der Waals surface area contributed by atoms with Crippen LogP contribution in [0, 0.1) is 5.41 Å². The molecule has 1 unspecified atom stereocenters. The Morgan fingerprint density at radius 3 is 1.69 bits per heavy atom. The molecule has 1 N–H and O–H groups in total. The van der Waals surface area contributed by atoms with E-state index >= 15 is 0 Å². The number of hydrogen-bond donors (Lipinski definition) is 1. The normalized spacial score (nSPS) is 17.4. The largest absolute Gasteiger partial charge is 0.468 e. The minimum Gasteiger partial charge on any atom is -0.468 e. The van der Waals surface area contributed by atoms with Crippen molar-refractivity contribution in [3.63, 3.8) is 0 Å². The van der Waals surface area contributed by atoms with Crippen molar-refractivity contribution in [1.82, 2.24) is 9.62 Å². The van der Waals surface area contributed by atoms with E-state index in [1.54, 1.807) is 0 Å². The highest BCUT2D eigenvalue weighted by Crippen LogP contribution is 2.48. The summed E-state index contributed by atoms with van der Waals surface area (Å²) >= 11 is 0. The van der Waals surface area contributed by atoms with Crippen LogP contribution in [-0.4, -0.2) is 40.0 Å². The Bertz CT molecular complexity index is 1100. The van der Waals surface area contributed by atoms with Gasteiger partial charge in [0.1, 0.15) is 5.41 Å². The average molecular weight is 491 g/mol. The second-order valence-corrected chi connectivity index (χ2v) is 12.1. The Morgan fingerprint density at radius 2 is 1.29 bits per heavy atom. The SMILES string of the molecule is COC(=O)C1([C@@H](NS(=O)C(C)(C)C)c2ccccc2)CN(C(c2ccccc2)c2ccccc2)C1. The molecule has 184 valence electrons. The van der Waals surface area contributed by atoms with Crippen molar-refractivity contribution >= 4 is 17.0 Å². The van der Waals surface area contributed by atoms with Crippen LogP contribution < -0.4 is 4.72 Å². The fourth-order valence-corrected chi connectivity index (χ4v) is 5.74. The van der Waals surface area contributed by atoms with Gasteiger partial charge in [-0.2, -0.15) is 0 Å². The van der Waals surface area contributed by atoms with E-state index < -0.39 is 27.2 Å². The lowest BCUT2D eigenvalue weighted by molar-refractivity contribution is -0.170. The molecular weight excluding hydrogens is 456 g/mol. The van der Waals surface area contributed by atoms with Crippen molar-refractivity contribution in [2.75, 3.05) is 20.2 Å². The summed E-state index contributed by atoms with van der Waals surface area (Å²) in [7, 11) is 0.0611. The molecule has 1 aliphatic rings. The minimum atomic E-state index is -1.37. The van der Waals surface area contributed by atoms with E-state index in [0.717, 1.165) is 5.56 Å². The molecule has 35 heavy (non-hydrogen) atoms. The molecule has 1 aliphatic heterocycles. The minimum absolute atomic E-state index is 0.000261. The summed E-state index contributed by atoms with van der Waals surface area (Å²) in [6.45, 7) is 6.73. The first kappa shape index (κ1) is 25.3. The molecule has 6 heteroatoms. The number of rotatable bonds is 8. The Morgan fingerprint density at radius 1 is 0.857 bits per heavy atom. The second kappa shape index (κ2) is 10.4. The van der Waals surface area contributed by atoms with Gasteiger partial charge in [-0.05, 0) is 37.5 Å². The van der Waals surface area contributed by atoms with Gasteiger partial charge in [0.25, 0.3) is 0 Å². The van der Waals surface area contributed by atoms with Gasteiger partial charge in [-0.15, -0.1) is 0 Å². The maximum Gasteiger partial charge on any atom is 0.316 e. The number of benzene rings is 3. The molecular formula is C29H34N2O3S. The van der Waals surface area contributed by atoms with E-state index in [-0.39, 0.29) is 12.0 Å². The van der Waals surface area contributed by atoms with Crippen LogP contribution >= 0.6 is 0 Å². The Kier molecular flexibility index (Phi) is 7.55. The van der Waals surface area contributed by atoms with Gasteiger partial charge in [0.2, 0.25) is 0 Å². The fraction of sp³-hybridized carbons (Fsp3) is 0.345. The predicted octanol–water partition coefficient (Wildman–Crippen LogP) is 5.04. The summed E-state index contributed by atoms with van der Waals surface area (Å²) in [6.07, 6.45) is 0. The molecule has 3 aromatic carbocycles. The molecule has 5 nitrogen and oxygen atoms in total. The van der Waals surface area contributed by atoms with Crippen LogP contribution in [0.1, 0.15) is 49.5 Å². The third-order valence-corrected chi connectivity index (χ3v) is 8.19. The van der Waals surface area contributed by atoms with Crippen molar-refractivity contribution in [1.29, 1.82) is 0 Å². The maximum absolute atomic E-state index is 13.4. The van der Waals surface area contributed by atoms with Crippen LogP contribution in [0.25, 0.3) is 0 Å². The smallest absolute Gasteiger partial charge is 0.316 e. The first-order valence-corrected chi connectivity index (χ1v) is 13.1. The molecule has 1 fully saturated rings. The van der Waals surface area contributed by atoms with Crippen molar-refractivity contribution in [2.24, 2.45) is 5.41 Å². The van der Waals surface area contributed by atoms with E-state index in [1.165, 1.54) is 18.2 Å². The van der Waals surface area contributed by atoms with E-state index in [4.69, 9.17) is 4.74 Å². The lowest BCUT2D eigenvalue weighted by Crippen LogP contribution is -2.66. The highest BCUT2D eigenvalue weighted by molar-refractivity contribution is 7.84. The number of nitrogens with zero attached hydrogens (tertiary/aromatic N) is 1. The zero-order chi connectivity index (χ0) is 25.1. The summed E-state index contributed by atoms with van der Waals surface area (Å²) in [5, 5.41) is 0. The highest BCUT2D eigenvalue weighted by atomic mass is 32.2. The van der Waals surface area contributed by atoms with E-state index in [0.29, 0.717) is 13.1 Å². The lowest BCUT2D eigenvalue weighted by Gasteiger charge is -2.54. The van der Waals surface area contributed by atoms with Crippen LogP contribution in [0.5, 0.6) is 0 Å². The van der Waals surface area contributed by atoms with Gasteiger partial charge in [-0.25, -0.2) is 8.93 Å². The van der Waals surface area contributed by atoms with Crippen LogP contribution in [0.4, 0.5) is 0 Å². The fourth-order valence-electron chi connectivity index (χ4n) is 4.81. The van der Waals surface area contributed by atoms with Gasteiger partial charge in [-0.1, -0.05) is 91.0 Å². The molecule has 0 amide bonds. The van der Waals surface area contributed by atoms with Gasteiger partial charge in [0, 0.05) is 13.1 Å². The molecule has 3 aromatic rings. The van der Waals surface area contributed by atoms with Crippen LogP contribution in [-0.2, 0) is 20.5 Å². The summed E-state index contributed by atoms with van der Waals surface area (Å²) in [5.74, 6) is -0.291. The molecule has 4 rings (SSSR count). The molecule has 0 spiro atoms. The number of methoxy groups -OCH3 is 1. The number of likely N-dealkylation sites (tertiary alicyclic amines) is 1. The van der Waals surface area contributed by atoms with Gasteiger partial charge in [0.15, 0.2) is 0 Å². The standard InChI is InChI=1S/C29H34N2O3S/c1-28(2,3)35(33)30-26(24-18-12-7-13-19-24)29(27(32)34-4)20-31(21-29)25(22-14-8-5-9-15-22)23-16-10-6-11-17-23/h5-19,25-26,30H,20-21H2,1-4H3/t26-,35?/m0/s1. The zero-order valence-electron chi connectivity index (χ0n) is 20.8. The Balaban J connectivity index is 1.73. The van der Waals surface area contributed by atoms with Gasteiger partial charge >= 0.3 is 5.97 Å². The predicted molar refractivity (Wildman–Crippen MR) is 141 cm³/mol. The number of carbonyl (C=O) groups excluding carboxylic acids is 1. The highest BCUT2D eigenvalue weighted by Gasteiger charge is 2.58. The molecule has 1 heterocycles. The van der Waals surface area contributed by atoms with Crippen LogP contribution in [0.3, 0.4) is 0 Å². The number of hydrogen-bond acceptors (Lipinski definition) is 4. The average Bonchev–Trinajstić information content (AvgIpc) is 2.85. The summed E-state index contributed by atoms with van der Waals surface area (Å²) in [6, 6.07) is 30.0. The first-order chi connectivity index (χ1) is 16.8. The van der Waals surface area contributed by atoms with Crippen molar-refractivity contribution in [2.45, 2.75) is 37.6 Å². The molecule has 0 radical (unpaired) electrons. The summed E-state index contributed by atoms with van der Waals surface area (Å²) in [5.41, 5.74) is 2.38. The third-order valence-electron chi connectivity index (χ3n) is 6.62. The van der Waals surface area contributed by atoms with Gasteiger partial charge in [-0.3, -0.25) is 9.69 Å². The number of esters is 1. The maximum atomic E-state index is 13.4.